The molecule has 0 aliphatic carbocycles. The van der Waals surface area contributed by atoms with Gasteiger partial charge in [0, 0.05) is 22.9 Å². The average Bonchev–Trinajstić information content (AvgIpc) is 2.53. The Hall–Kier alpha value is -1.52. The van der Waals surface area contributed by atoms with E-state index in [1.807, 2.05) is 23.9 Å². The van der Waals surface area contributed by atoms with Crippen LogP contribution in [0.4, 0.5) is 5.69 Å². The van der Waals surface area contributed by atoms with Gasteiger partial charge in [0.2, 0.25) is 0 Å². The van der Waals surface area contributed by atoms with Crippen LogP contribution >= 0.6 is 24.0 Å². The molecule has 0 aromatic heterocycles. The number of rotatable bonds is 6. The Kier molecular flexibility index (Phi) is 6.57. The van der Waals surface area contributed by atoms with Crippen LogP contribution in [0.25, 0.3) is 0 Å². The Morgan fingerprint density at radius 2 is 1.76 bits per heavy atom. The van der Waals surface area contributed by atoms with Gasteiger partial charge in [-0.1, -0.05) is 43.3 Å². The van der Waals surface area contributed by atoms with Gasteiger partial charge in [-0.25, -0.2) is 0 Å². The van der Waals surface area contributed by atoms with Crippen molar-refractivity contribution < 1.29 is 0 Å². The van der Waals surface area contributed by atoms with Crippen molar-refractivity contribution in [1.82, 2.24) is 5.32 Å². The third kappa shape index (κ3) is 5.40. The van der Waals surface area contributed by atoms with E-state index in [2.05, 4.69) is 60.0 Å². The monoisotopic (exact) mass is 316 g/mol. The van der Waals surface area contributed by atoms with Crippen molar-refractivity contribution in [2.24, 2.45) is 0 Å². The smallest absolute Gasteiger partial charge is 0.170 e. The second-order valence-electron chi connectivity index (χ2n) is 4.55. The minimum absolute atomic E-state index is 0.685. The number of nitrogens with one attached hydrogen (secondary N) is 2. The molecule has 110 valence electrons. The molecular formula is C17H20N2S2. The number of anilines is 1. The molecule has 0 aliphatic heterocycles. The summed E-state index contributed by atoms with van der Waals surface area (Å²) >= 11 is 7.17. The van der Waals surface area contributed by atoms with Gasteiger partial charge in [-0.3, -0.25) is 0 Å². The highest BCUT2D eigenvalue weighted by Gasteiger charge is 2.01. The molecule has 0 radical (unpaired) electrons. The van der Waals surface area contributed by atoms with Crippen LogP contribution in [-0.2, 0) is 6.42 Å². The first kappa shape index (κ1) is 15.9. The maximum absolute atomic E-state index is 5.34. The molecule has 2 aromatic carbocycles. The van der Waals surface area contributed by atoms with E-state index in [9.17, 15) is 0 Å². The molecule has 0 fully saturated rings. The van der Waals surface area contributed by atoms with Gasteiger partial charge >= 0.3 is 0 Å². The van der Waals surface area contributed by atoms with Crippen LogP contribution < -0.4 is 10.6 Å². The molecule has 0 heterocycles. The predicted octanol–water partition coefficient (Wildman–Crippen LogP) is 4.33. The largest absolute Gasteiger partial charge is 0.362 e. The first-order valence-electron chi connectivity index (χ1n) is 7.10. The van der Waals surface area contributed by atoms with Crippen LogP contribution in [0, 0.1) is 0 Å². The van der Waals surface area contributed by atoms with Crippen molar-refractivity contribution in [3.8, 4) is 0 Å². The Balaban J connectivity index is 1.72. The first-order chi connectivity index (χ1) is 10.3. The topological polar surface area (TPSA) is 24.1 Å². The third-order valence-electron chi connectivity index (χ3n) is 3.05. The molecule has 4 heteroatoms. The molecule has 0 saturated carbocycles. The molecule has 2 N–H and O–H groups in total. The van der Waals surface area contributed by atoms with E-state index in [1.165, 1.54) is 10.5 Å². The number of aryl methyl sites for hydroxylation is 1. The Morgan fingerprint density at radius 3 is 2.52 bits per heavy atom. The lowest BCUT2D eigenvalue weighted by Gasteiger charge is -2.13. The summed E-state index contributed by atoms with van der Waals surface area (Å²) in [6.45, 7) is 2.99. The summed E-state index contributed by atoms with van der Waals surface area (Å²) in [4.78, 5) is 1.29. The van der Waals surface area contributed by atoms with Crippen molar-refractivity contribution in [2.75, 3.05) is 17.6 Å². The van der Waals surface area contributed by atoms with E-state index in [-0.39, 0.29) is 0 Å². The van der Waals surface area contributed by atoms with E-state index in [4.69, 9.17) is 12.2 Å². The van der Waals surface area contributed by atoms with E-state index in [1.54, 1.807) is 0 Å². The molecule has 0 amide bonds. The summed E-state index contributed by atoms with van der Waals surface area (Å²) in [5, 5.41) is 7.21. The van der Waals surface area contributed by atoms with Crippen molar-refractivity contribution in [1.29, 1.82) is 0 Å². The molecule has 0 spiro atoms. The highest BCUT2D eigenvalue weighted by Crippen LogP contribution is 2.16. The summed E-state index contributed by atoms with van der Waals surface area (Å²) in [6.07, 6.45) is 0.996. The highest BCUT2D eigenvalue weighted by molar-refractivity contribution is 7.99. The molecule has 2 nitrogen and oxygen atoms in total. The molecule has 0 saturated heterocycles. The van der Waals surface area contributed by atoms with E-state index >= 15 is 0 Å². The Morgan fingerprint density at radius 1 is 1.05 bits per heavy atom. The number of para-hydroxylation sites is 1. The minimum Gasteiger partial charge on any atom is -0.362 e. The van der Waals surface area contributed by atoms with Crippen molar-refractivity contribution in [3.05, 3.63) is 60.2 Å². The van der Waals surface area contributed by atoms with Gasteiger partial charge < -0.3 is 10.6 Å². The SMILES string of the molecule is CCc1ccccc1NC(=S)NCCSc1ccccc1. The van der Waals surface area contributed by atoms with Crippen LogP contribution in [0.15, 0.2) is 59.5 Å². The highest BCUT2D eigenvalue weighted by atomic mass is 32.2. The van der Waals surface area contributed by atoms with E-state index in [0.29, 0.717) is 5.11 Å². The zero-order valence-electron chi connectivity index (χ0n) is 12.1. The Labute approximate surface area is 136 Å². The van der Waals surface area contributed by atoms with Gasteiger partial charge in [-0.15, -0.1) is 11.8 Å². The molecule has 2 aromatic rings. The van der Waals surface area contributed by atoms with Crippen molar-refractivity contribution in [2.45, 2.75) is 18.2 Å². The lowest BCUT2D eigenvalue weighted by Crippen LogP contribution is -2.30. The van der Waals surface area contributed by atoms with E-state index in [0.717, 1.165) is 24.4 Å². The second kappa shape index (κ2) is 8.70. The molecule has 0 atom stereocenters. The molecular weight excluding hydrogens is 296 g/mol. The van der Waals surface area contributed by atoms with Gasteiger partial charge in [0.15, 0.2) is 5.11 Å². The molecule has 0 bridgehead atoms. The van der Waals surface area contributed by atoms with Gasteiger partial charge in [0.25, 0.3) is 0 Å². The van der Waals surface area contributed by atoms with Crippen molar-refractivity contribution >= 4 is 34.8 Å². The first-order valence-corrected chi connectivity index (χ1v) is 8.49. The normalized spacial score (nSPS) is 10.1. The number of benzene rings is 2. The molecule has 21 heavy (non-hydrogen) atoms. The zero-order chi connectivity index (χ0) is 14.9. The van der Waals surface area contributed by atoms with Crippen LogP contribution in [-0.4, -0.2) is 17.4 Å². The fourth-order valence-electron chi connectivity index (χ4n) is 1.97. The number of thioether (sulfide) groups is 1. The summed E-state index contributed by atoms with van der Waals surface area (Å²) < 4.78 is 0. The standard InChI is InChI=1S/C17H20N2S2/c1-2-14-8-6-7-11-16(14)19-17(20)18-12-13-21-15-9-4-3-5-10-15/h3-11H,2,12-13H2,1H3,(H2,18,19,20). The fraction of sp³-hybridized carbons (Fsp3) is 0.235. The molecule has 0 aliphatic rings. The summed E-state index contributed by atoms with van der Waals surface area (Å²) in [5.41, 5.74) is 2.37. The summed E-state index contributed by atoms with van der Waals surface area (Å²) in [7, 11) is 0. The average molecular weight is 316 g/mol. The maximum Gasteiger partial charge on any atom is 0.170 e. The zero-order valence-corrected chi connectivity index (χ0v) is 13.8. The van der Waals surface area contributed by atoms with Crippen LogP contribution in [0.1, 0.15) is 12.5 Å². The predicted molar refractivity (Wildman–Crippen MR) is 97.2 cm³/mol. The quantitative estimate of drug-likeness (QED) is 0.471. The molecule has 2 rings (SSSR count). The summed E-state index contributed by atoms with van der Waals surface area (Å²) in [5.74, 6) is 0.987. The van der Waals surface area contributed by atoms with E-state index < -0.39 is 0 Å². The minimum atomic E-state index is 0.685. The lowest BCUT2D eigenvalue weighted by molar-refractivity contribution is 0.989. The number of hydrogen-bond acceptors (Lipinski definition) is 2. The van der Waals surface area contributed by atoms with Gasteiger partial charge in [-0.2, -0.15) is 0 Å². The van der Waals surface area contributed by atoms with Crippen LogP contribution in [0.5, 0.6) is 0 Å². The number of thiocarbonyl (C=S) groups is 1. The van der Waals surface area contributed by atoms with Gasteiger partial charge in [0.05, 0.1) is 0 Å². The van der Waals surface area contributed by atoms with Gasteiger partial charge in [0.1, 0.15) is 0 Å². The van der Waals surface area contributed by atoms with Crippen LogP contribution in [0.2, 0.25) is 0 Å². The molecule has 0 unspecified atom stereocenters. The number of hydrogen-bond donors (Lipinski definition) is 2. The summed E-state index contributed by atoms with van der Waals surface area (Å²) in [6, 6.07) is 18.7. The Bertz CT molecular complexity index is 570. The lowest BCUT2D eigenvalue weighted by atomic mass is 10.1. The van der Waals surface area contributed by atoms with Crippen molar-refractivity contribution in [3.63, 3.8) is 0 Å². The second-order valence-corrected chi connectivity index (χ2v) is 6.13. The third-order valence-corrected chi connectivity index (χ3v) is 4.31. The van der Waals surface area contributed by atoms with Crippen LogP contribution in [0.3, 0.4) is 0 Å². The maximum atomic E-state index is 5.34. The fourth-order valence-corrected chi connectivity index (χ4v) is 2.97. The van der Waals surface area contributed by atoms with Gasteiger partial charge in [-0.05, 0) is 42.4 Å².